The van der Waals surface area contributed by atoms with E-state index in [0.29, 0.717) is 11.0 Å². The van der Waals surface area contributed by atoms with Crippen LogP contribution in [0.5, 0.6) is 0 Å². The number of H-pyrrole nitrogens is 1. The molecule has 1 saturated carbocycles. The molecule has 1 amide bonds. The number of benzene rings is 1. The molecule has 3 heterocycles. The Morgan fingerprint density at radius 1 is 1.34 bits per heavy atom. The molecule has 3 N–H and O–H groups in total. The molecule has 3 aromatic heterocycles. The minimum absolute atomic E-state index is 0.160. The van der Waals surface area contributed by atoms with E-state index in [1.54, 1.807) is 4.40 Å². The highest BCUT2D eigenvalue weighted by molar-refractivity contribution is 6.35. The summed E-state index contributed by atoms with van der Waals surface area (Å²) < 4.78 is 54.8. The van der Waals surface area contributed by atoms with E-state index in [9.17, 15) is 22.4 Å². The van der Waals surface area contributed by atoms with Crippen LogP contribution in [0.2, 0.25) is 5.02 Å². The third kappa shape index (κ3) is 3.49. The number of anilines is 2. The van der Waals surface area contributed by atoms with Crippen LogP contribution >= 0.6 is 11.6 Å². The van der Waals surface area contributed by atoms with Crippen LogP contribution in [-0.4, -0.2) is 49.6 Å². The predicted octanol–water partition coefficient (Wildman–Crippen LogP) is 4.04. The highest BCUT2D eigenvalue weighted by Gasteiger charge is 2.43. The summed E-state index contributed by atoms with van der Waals surface area (Å²) in [4.78, 5) is 20.4. The maximum Gasteiger partial charge on any atom is 0.255 e. The molecule has 2 atom stereocenters. The standard InChI is InChI=1S/C19H14ClF4N7O/c20-15-14(8-2-27-30-17(8)18(16(15)24)26-3-11(22)23)10-5-31-6-12(28-13(31)4-25-10)29-19(32)7-1-9(7)21/h2,4-7,9,11,26H,1,3H2,(H,27,30)(H,29,32)/t7-,9+/m1/s1. The van der Waals surface area contributed by atoms with Crippen molar-refractivity contribution in [2.45, 2.75) is 19.0 Å². The quantitative estimate of drug-likeness (QED) is 0.372. The van der Waals surface area contributed by atoms with E-state index in [2.05, 4.69) is 30.8 Å². The van der Waals surface area contributed by atoms with Crippen molar-refractivity contribution in [2.75, 3.05) is 17.2 Å². The van der Waals surface area contributed by atoms with E-state index in [-0.39, 0.29) is 39.7 Å². The average Bonchev–Trinajstić information content (AvgIpc) is 3.11. The maximum atomic E-state index is 15.0. The molecule has 1 aromatic carbocycles. The van der Waals surface area contributed by atoms with Crippen LogP contribution in [0.1, 0.15) is 6.42 Å². The Kier molecular flexibility index (Phi) is 4.88. The number of nitrogens with zero attached hydrogens (tertiary/aromatic N) is 4. The summed E-state index contributed by atoms with van der Waals surface area (Å²) in [5.74, 6) is -1.83. The number of hydrogen-bond acceptors (Lipinski definition) is 5. The Labute approximate surface area is 182 Å². The van der Waals surface area contributed by atoms with Crippen molar-refractivity contribution in [3.8, 4) is 11.3 Å². The molecule has 1 aliphatic rings. The average molecular weight is 468 g/mol. The Morgan fingerprint density at radius 3 is 2.84 bits per heavy atom. The molecule has 0 aliphatic heterocycles. The number of nitrogens with one attached hydrogen (secondary N) is 3. The fourth-order valence-electron chi connectivity index (χ4n) is 3.45. The molecular weight excluding hydrogens is 454 g/mol. The van der Waals surface area contributed by atoms with Gasteiger partial charge in [-0.25, -0.2) is 22.5 Å². The summed E-state index contributed by atoms with van der Waals surface area (Å²) in [5, 5.41) is 11.4. The summed E-state index contributed by atoms with van der Waals surface area (Å²) in [6, 6.07) is 0. The lowest BCUT2D eigenvalue weighted by Gasteiger charge is -2.13. The van der Waals surface area contributed by atoms with Crippen molar-refractivity contribution in [3.63, 3.8) is 0 Å². The fourth-order valence-corrected chi connectivity index (χ4v) is 3.75. The normalized spacial score (nSPS) is 17.9. The number of carbonyl (C=O) groups is 1. The van der Waals surface area contributed by atoms with Gasteiger partial charge >= 0.3 is 0 Å². The highest BCUT2D eigenvalue weighted by Crippen LogP contribution is 2.40. The third-order valence-corrected chi connectivity index (χ3v) is 5.48. The Bertz CT molecular complexity index is 1350. The Balaban J connectivity index is 1.54. The van der Waals surface area contributed by atoms with Crippen molar-refractivity contribution >= 4 is 45.6 Å². The van der Waals surface area contributed by atoms with Gasteiger partial charge in [0.15, 0.2) is 17.3 Å². The van der Waals surface area contributed by atoms with E-state index in [4.69, 9.17) is 11.6 Å². The largest absolute Gasteiger partial charge is 0.375 e. The van der Waals surface area contributed by atoms with Crippen molar-refractivity contribution < 1.29 is 22.4 Å². The van der Waals surface area contributed by atoms with Crippen molar-refractivity contribution in [2.24, 2.45) is 5.92 Å². The molecule has 1 aliphatic carbocycles. The van der Waals surface area contributed by atoms with Gasteiger partial charge in [0.25, 0.3) is 6.43 Å². The second kappa shape index (κ2) is 7.62. The van der Waals surface area contributed by atoms with Gasteiger partial charge < -0.3 is 15.0 Å². The molecule has 1 fully saturated rings. The van der Waals surface area contributed by atoms with Crippen molar-refractivity contribution in [3.05, 3.63) is 35.6 Å². The Morgan fingerprint density at radius 2 is 2.12 bits per heavy atom. The first-order valence-electron chi connectivity index (χ1n) is 9.49. The van der Waals surface area contributed by atoms with Gasteiger partial charge in [-0.1, -0.05) is 11.6 Å². The van der Waals surface area contributed by atoms with E-state index in [0.717, 1.165) is 0 Å². The molecule has 0 spiro atoms. The number of fused-ring (bicyclic) bond motifs is 2. The van der Waals surface area contributed by atoms with E-state index in [1.165, 1.54) is 24.8 Å². The number of carbonyl (C=O) groups excluding carboxylic acids is 1. The van der Waals surface area contributed by atoms with Crippen LogP contribution in [0.3, 0.4) is 0 Å². The number of imidazole rings is 1. The molecule has 0 radical (unpaired) electrons. The van der Waals surface area contributed by atoms with Gasteiger partial charge in [0.1, 0.15) is 6.17 Å². The molecular formula is C19H14ClF4N7O. The van der Waals surface area contributed by atoms with Gasteiger partial charge in [-0.2, -0.15) is 5.10 Å². The lowest BCUT2D eigenvalue weighted by Crippen LogP contribution is -2.15. The summed E-state index contributed by atoms with van der Waals surface area (Å²) in [7, 11) is 0. The zero-order valence-electron chi connectivity index (χ0n) is 16.0. The number of alkyl halides is 3. The third-order valence-electron chi connectivity index (χ3n) is 5.12. The van der Waals surface area contributed by atoms with E-state index < -0.39 is 36.8 Å². The smallest absolute Gasteiger partial charge is 0.255 e. The number of hydrogen-bond donors (Lipinski definition) is 3. The second-order valence-electron chi connectivity index (χ2n) is 7.32. The molecule has 5 rings (SSSR count). The minimum Gasteiger partial charge on any atom is -0.375 e. The van der Waals surface area contributed by atoms with Crippen LogP contribution in [0.25, 0.3) is 27.8 Å². The van der Waals surface area contributed by atoms with Gasteiger partial charge in [-0.05, 0) is 6.42 Å². The molecule has 13 heteroatoms. The summed E-state index contributed by atoms with van der Waals surface area (Å²) in [6.45, 7) is -0.765. The van der Waals surface area contributed by atoms with Crippen LogP contribution in [0.4, 0.5) is 29.1 Å². The number of rotatable bonds is 6. The van der Waals surface area contributed by atoms with Crippen LogP contribution in [0, 0.1) is 11.7 Å². The molecule has 0 bridgehead atoms. The predicted molar refractivity (Wildman–Crippen MR) is 109 cm³/mol. The lowest BCUT2D eigenvalue weighted by atomic mass is 10.1. The van der Waals surface area contributed by atoms with Crippen molar-refractivity contribution in [1.82, 2.24) is 24.6 Å². The number of aromatic nitrogens is 5. The number of amides is 1. The zero-order valence-corrected chi connectivity index (χ0v) is 16.8. The van der Waals surface area contributed by atoms with Gasteiger partial charge in [-0.15, -0.1) is 0 Å². The zero-order chi connectivity index (χ0) is 22.6. The molecule has 166 valence electrons. The lowest BCUT2D eigenvalue weighted by molar-refractivity contribution is -0.117. The molecule has 0 saturated heterocycles. The van der Waals surface area contributed by atoms with Crippen molar-refractivity contribution in [1.29, 1.82) is 0 Å². The first kappa shape index (κ1) is 20.5. The van der Waals surface area contributed by atoms with Gasteiger partial charge in [0, 0.05) is 17.1 Å². The number of halogens is 5. The first-order chi connectivity index (χ1) is 15.3. The minimum atomic E-state index is -2.69. The molecule has 32 heavy (non-hydrogen) atoms. The number of aromatic amines is 1. The first-order valence-corrected chi connectivity index (χ1v) is 9.87. The summed E-state index contributed by atoms with van der Waals surface area (Å²) >= 11 is 6.26. The highest BCUT2D eigenvalue weighted by atomic mass is 35.5. The topological polar surface area (TPSA) is 100 Å². The van der Waals surface area contributed by atoms with E-state index >= 15 is 0 Å². The van der Waals surface area contributed by atoms with Crippen LogP contribution in [0.15, 0.2) is 24.8 Å². The van der Waals surface area contributed by atoms with Gasteiger partial charge in [-0.3, -0.25) is 14.9 Å². The fraction of sp³-hybridized carbons (Fsp3) is 0.263. The summed E-state index contributed by atoms with van der Waals surface area (Å²) in [6.07, 6.45) is 2.17. The maximum absolute atomic E-state index is 15.0. The molecule has 8 nitrogen and oxygen atoms in total. The van der Waals surface area contributed by atoms with E-state index in [1.807, 2.05) is 0 Å². The van der Waals surface area contributed by atoms with Gasteiger partial charge in [0.2, 0.25) is 5.91 Å². The second-order valence-corrected chi connectivity index (χ2v) is 7.70. The Hall–Kier alpha value is -3.41. The molecule has 0 unspecified atom stereocenters. The van der Waals surface area contributed by atoms with Crippen LogP contribution < -0.4 is 10.6 Å². The monoisotopic (exact) mass is 467 g/mol. The molecule has 4 aromatic rings. The SMILES string of the molecule is O=C(Nc1cn2cc(-c3c(Cl)c(F)c(NCC(F)F)c4[nH]ncc34)ncc2n1)[C@@H]1C[C@@H]1F. The van der Waals surface area contributed by atoms with Gasteiger partial charge in [0.05, 0.1) is 53.0 Å². The van der Waals surface area contributed by atoms with Crippen LogP contribution in [-0.2, 0) is 4.79 Å². The summed E-state index contributed by atoms with van der Waals surface area (Å²) in [5.41, 5.74) is 0.788.